The van der Waals surface area contributed by atoms with Crippen molar-refractivity contribution >= 4 is 80.4 Å². The molecule has 3 heterocycles. The predicted molar refractivity (Wildman–Crippen MR) is 226 cm³/mol. The molecule has 0 atom stereocenters. The van der Waals surface area contributed by atoms with E-state index in [1.807, 2.05) is 66.8 Å². The van der Waals surface area contributed by atoms with Crippen LogP contribution in [0.15, 0.2) is 170 Å². The molecule has 0 saturated carbocycles. The van der Waals surface area contributed by atoms with Crippen LogP contribution in [-0.2, 0) is 0 Å². The van der Waals surface area contributed by atoms with Crippen molar-refractivity contribution in [2.24, 2.45) is 0 Å². The van der Waals surface area contributed by atoms with Gasteiger partial charge < -0.3 is 4.57 Å². The second-order valence-corrected chi connectivity index (χ2v) is 14.2. The SMILES string of the molecule is C=C/C=C\C(=C/C)c1nc(-c2ccccc2)nc(-c2ccc(-n3c4ccc5ccccc5c4c4c5c6ccccc6sc5c5ccccc5c43)cc2)n1. The fourth-order valence-electron chi connectivity index (χ4n) is 7.78. The minimum absolute atomic E-state index is 0.617. The largest absolute Gasteiger partial charge is 0.309 e. The Kier molecular flexibility index (Phi) is 7.34. The van der Waals surface area contributed by atoms with E-state index in [1.165, 1.54) is 63.5 Å². The van der Waals surface area contributed by atoms with Crippen LogP contribution in [0, 0.1) is 0 Å². The summed E-state index contributed by atoms with van der Waals surface area (Å²) in [4.78, 5) is 14.9. The molecular formula is C48H32N4S. The number of thiophene rings is 1. The molecule has 10 rings (SSSR count). The van der Waals surface area contributed by atoms with Gasteiger partial charge in [0, 0.05) is 64.1 Å². The van der Waals surface area contributed by atoms with E-state index in [-0.39, 0.29) is 0 Å². The average Bonchev–Trinajstić information content (AvgIpc) is 3.78. The number of fused-ring (bicyclic) bond motifs is 12. The van der Waals surface area contributed by atoms with Crippen LogP contribution >= 0.6 is 11.3 Å². The number of rotatable bonds is 6. The molecular weight excluding hydrogens is 665 g/mol. The Morgan fingerprint density at radius 2 is 1.26 bits per heavy atom. The molecule has 0 amide bonds. The maximum Gasteiger partial charge on any atom is 0.164 e. The van der Waals surface area contributed by atoms with Crippen LogP contribution in [-0.4, -0.2) is 19.5 Å². The maximum absolute atomic E-state index is 5.00. The highest BCUT2D eigenvalue weighted by atomic mass is 32.1. The standard InChI is InChI=1S/C48H32N4S/c1-3-5-15-30(4-2)46-49-47(32-17-7-6-8-18-32)51-48(50-46)33-24-27-34(28-25-33)52-39-29-26-31-16-9-10-19-35(31)41(39)43-42-38-22-13-14-23-40(38)53-45(42)37-21-12-11-20-36(37)44(43)52/h3-29H,1H2,2H3/b15-5-,30-4+. The Morgan fingerprint density at radius 1 is 0.604 bits per heavy atom. The minimum atomic E-state index is 0.617. The molecule has 53 heavy (non-hydrogen) atoms. The molecule has 0 unspecified atom stereocenters. The van der Waals surface area contributed by atoms with Gasteiger partial charge in [0.15, 0.2) is 17.5 Å². The third kappa shape index (κ3) is 4.93. The lowest BCUT2D eigenvalue weighted by Crippen LogP contribution is -2.02. The first-order valence-electron chi connectivity index (χ1n) is 17.8. The second kappa shape index (κ2) is 12.5. The zero-order valence-corrected chi connectivity index (χ0v) is 29.8. The first kappa shape index (κ1) is 31.1. The van der Waals surface area contributed by atoms with Gasteiger partial charge in [0.05, 0.1) is 11.0 Å². The molecule has 0 aliphatic rings. The maximum atomic E-state index is 5.00. The highest BCUT2D eigenvalue weighted by Crippen LogP contribution is 2.49. The minimum Gasteiger partial charge on any atom is -0.309 e. The van der Waals surface area contributed by atoms with Gasteiger partial charge in [0.25, 0.3) is 0 Å². The Bertz CT molecular complexity index is 3130. The molecule has 0 saturated heterocycles. The van der Waals surface area contributed by atoms with E-state index in [9.17, 15) is 0 Å². The summed E-state index contributed by atoms with van der Waals surface area (Å²) in [5.74, 6) is 1.87. The Labute approximate surface area is 310 Å². The molecule has 0 N–H and O–H groups in total. The van der Waals surface area contributed by atoms with E-state index >= 15 is 0 Å². The van der Waals surface area contributed by atoms with Gasteiger partial charge in [-0.15, -0.1) is 11.3 Å². The summed E-state index contributed by atoms with van der Waals surface area (Å²) in [6, 6.07) is 49.8. The number of nitrogens with zero attached hydrogens (tertiary/aromatic N) is 4. The molecule has 0 spiro atoms. The van der Waals surface area contributed by atoms with E-state index < -0.39 is 0 Å². The number of allylic oxidation sites excluding steroid dienone is 5. The first-order chi connectivity index (χ1) is 26.2. The van der Waals surface area contributed by atoms with Crippen LogP contribution in [0.25, 0.3) is 97.6 Å². The van der Waals surface area contributed by atoms with Gasteiger partial charge in [0.1, 0.15) is 0 Å². The molecule has 10 aromatic rings. The predicted octanol–water partition coefficient (Wildman–Crippen LogP) is 13.1. The van der Waals surface area contributed by atoms with Crippen molar-refractivity contribution in [1.82, 2.24) is 19.5 Å². The second-order valence-electron chi connectivity index (χ2n) is 13.1. The monoisotopic (exact) mass is 696 g/mol. The molecule has 250 valence electrons. The van der Waals surface area contributed by atoms with Gasteiger partial charge in [-0.2, -0.15) is 0 Å². The van der Waals surface area contributed by atoms with Gasteiger partial charge in [0.2, 0.25) is 0 Å². The quantitative estimate of drug-likeness (QED) is 0.163. The third-order valence-corrected chi connectivity index (χ3v) is 11.4. The van der Waals surface area contributed by atoms with Crippen LogP contribution in [0.4, 0.5) is 0 Å². The van der Waals surface area contributed by atoms with Gasteiger partial charge in [-0.25, -0.2) is 15.0 Å². The molecule has 0 radical (unpaired) electrons. The summed E-state index contributed by atoms with van der Waals surface area (Å²) in [5, 5.41) is 10.2. The molecule has 0 fully saturated rings. The van der Waals surface area contributed by atoms with Crippen molar-refractivity contribution in [3.63, 3.8) is 0 Å². The molecule has 7 aromatic carbocycles. The van der Waals surface area contributed by atoms with E-state index in [0.717, 1.165) is 22.4 Å². The fourth-order valence-corrected chi connectivity index (χ4v) is 9.03. The summed E-state index contributed by atoms with van der Waals surface area (Å²) in [5.41, 5.74) is 6.23. The van der Waals surface area contributed by atoms with Gasteiger partial charge >= 0.3 is 0 Å². The lowest BCUT2D eigenvalue weighted by molar-refractivity contribution is 1.04. The molecule has 0 bridgehead atoms. The van der Waals surface area contributed by atoms with Crippen LogP contribution in [0.2, 0.25) is 0 Å². The van der Waals surface area contributed by atoms with Crippen LogP contribution in [0.1, 0.15) is 12.7 Å². The van der Waals surface area contributed by atoms with Gasteiger partial charge in [-0.05, 0) is 54.1 Å². The van der Waals surface area contributed by atoms with Gasteiger partial charge in [-0.3, -0.25) is 0 Å². The van der Waals surface area contributed by atoms with Crippen molar-refractivity contribution in [3.05, 3.63) is 176 Å². The van der Waals surface area contributed by atoms with Crippen LogP contribution in [0.5, 0.6) is 0 Å². The number of aromatic nitrogens is 4. The fraction of sp³-hybridized carbons (Fsp3) is 0.0208. The van der Waals surface area contributed by atoms with Crippen molar-refractivity contribution in [3.8, 4) is 28.5 Å². The van der Waals surface area contributed by atoms with Crippen LogP contribution < -0.4 is 0 Å². The Balaban J connectivity index is 1.25. The number of hydrogen-bond acceptors (Lipinski definition) is 4. The number of benzene rings is 7. The zero-order chi connectivity index (χ0) is 35.5. The topological polar surface area (TPSA) is 43.6 Å². The smallest absolute Gasteiger partial charge is 0.164 e. The van der Waals surface area contributed by atoms with Gasteiger partial charge in [-0.1, -0.05) is 134 Å². The highest BCUT2D eigenvalue weighted by Gasteiger charge is 2.23. The highest BCUT2D eigenvalue weighted by molar-refractivity contribution is 7.27. The lowest BCUT2D eigenvalue weighted by atomic mass is 9.97. The molecule has 0 aliphatic carbocycles. The summed E-state index contributed by atoms with van der Waals surface area (Å²) in [6.07, 6.45) is 7.66. The van der Waals surface area contributed by atoms with Crippen molar-refractivity contribution in [2.75, 3.05) is 0 Å². The third-order valence-electron chi connectivity index (χ3n) is 10.2. The zero-order valence-electron chi connectivity index (χ0n) is 29.0. The summed E-state index contributed by atoms with van der Waals surface area (Å²) < 4.78 is 5.10. The summed E-state index contributed by atoms with van der Waals surface area (Å²) >= 11 is 1.89. The first-order valence-corrected chi connectivity index (χ1v) is 18.6. The van der Waals surface area contributed by atoms with E-state index in [0.29, 0.717) is 17.5 Å². The Hall–Kier alpha value is -6.69. The van der Waals surface area contributed by atoms with Crippen LogP contribution in [0.3, 0.4) is 0 Å². The Morgan fingerprint density at radius 3 is 2.02 bits per heavy atom. The van der Waals surface area contributed by atoms with Crippen molar-refractivity contribution < 1.29 is 0 Å². The van der Waals surface area contributed by atoms with Crippen molar-refractivity contribution in [1.29, 1.82) is 0 Å². The summed E-state index contributed by atoms with van der Waals surface area (Å²) in [7, 11) is 0. The molecule has 0 aliphatic heterocycles. The van der Waals surface area contributed by atoms with E-state index in [2.05, 4.69) is 120 Å². The van der Waals surface area contributed by atoms with Crippen molar-refractivity contribution in [2.45, 2.75) is 6.92 Å². The van der Waals surface area contributed by atoms with E-state index in [4.69, 9.17) is 15.0 Å². The molecule has 3 aromatic heterocycles. The average molecular weight is 697 g/mol. The molecule has 4 nitrogen and oxygen atoms in total. The number of hydrogen-bond donors (Lipinski definition) is 0. The lowest BCUT2D eigenvalue weighted by Gasteiger charge is -2.12. The summed E-state index contributed by atoms with van der Waals surface area (Å²) in [6.45, 7) is 5.84. The molecule has 5 heteroatoms. The van der Waals surface area contributed by atoms with E-state index in [1.54, 1.807) is 6.08 Å². The normalized spacial score (nSPS) is 12.4.